The van der Waals surface area contributed by atoms with Crippen molar-refractivity contribution >= 4 is 46.9 Å². The molecule has 0 bridgehead atoms. The Morgan fingerprint density at radius 2 is 1.85 bits per heavy atom. The maximum atomic E-state index is 12.7. The Labute approximate surface area is 162 Å². The number of halogens is 3. The Morgan fingerprint density at radius 1 is 1.12 bits per heavy atom. The molecule has 1 fully saturated rings. The lowest BCUT2D eigenvalue weighted by molar-refractivity contribution is -0.137. The Bertz CT molecular complexity index is 776. The van der Waals surface area contributed by atoms with Crippen LogP contribution in [0, 0.1) is 0 Å². The van der Waals surface area contributed by atoms with E-state index in [2.05, 4.69) is 5.32 Å². The Hall–Kier alpha value is -1.25. The highest BCUT2D eigenvalue weighted by Gasteiger charge is 2.30. The summed E-state index contributed by atoms with van der Waals surface area (Å²) in [4.78, 5) is 12.6. The molecule has 0 radical (unpaired) electrons. The van der Waals surface area contributed by atoms with Gasteiger partial charge in [0.2, 0.25) is 5.91 Å². The van der Waals surface area contributed by atoms with Crippen LogP contribution in [0.15, 0.2) is 53.4 Å². The third kappa shape index (κ3) is 5.37. The number of thioether (sulfide) groups is 3. The molecule has 2 aromatic carbocycles. The molecule has 138 valence electrons. The Balaban J connectivity index is 1.57. The van der Waals surface area contributed by atoms with E-state index in [1.807, 2.05) is 47.8 Å². The summed E-state index contributed by atoms with van der Waals surface area (Å²) >= 11 is 4.86. The molecule has 1 saturated heterocycles. The van der Waals surface area contributed by atoms with Crippen LogP contribution in [-0.4, -0.2) is 23.2 Å². The minimum absolute atomic E-state index is 0.0540. The van der Waals surface area contributed by atoms with Gasteiger partial charge in [0, 0.05) is 22.1 Å². The first-order chi connectivity index (χ1) is 12.4. The second-order valence-corrected chi connectivity index (χ2v) is 9.33. The van der Waals surface area contributed by atoms with Gasteiger partial charge in [0.05, 0.1) is 15.9 Å². The number of hydrogen-bond acceptors (Lipinski definition) is 4. The van der Waals surface area contributed by atoms with Gasteiger partial charge in [-0.1, -0.05) is 18.2 Å². The van der Waals surface area contributed by atoms with Crippen LogP contribution in [0.2, 0.25) is 0 Å². The lowest BCUT2D eigenvalue weighted by Gasteiger charge is -2.11. The topological polar surface area (TPSA) is 29.1 Å². The first kappa shape index (κ1) is 19.5. The summed E-state index contributed by atoms with van der Waals surface area (Å²) in [5.74, 6) is 2.06. The standard InChI is InChI=1S/C18H16F3NOS3/c19-18(20,21)13-4-2-6-15(10-13)26-11-16(23)22-14-5-1-3-12(9-14)17-24-7-8-25-17/h1-6,9-10,17H,7-8,11H2,(H,22,23). The second-order valence-electron chi connectivity index (χ2n) is 5.56. The van der Waals surface area contributed by atoms with Gasteiger partial charge in [-0.25, -0.2) is 0 Å². The quantitative estimate of drug-likeness (QED) is 0.614. The lowest BCUT2D eigenvalue weighted by atomic mass is 10.2. The first-order valence-electron chi connectivity index (χ1n) is 7.85. The summed E-state index contributed by atoms with van der Waals surface area (Å²) in [6, 6.07) is 12.7. The predicted molar refractivity (Wildman–Crippen MR) is 105 cm³/mol. The van der Waals surface area contributed by atoms with E-state index in [4.69, 9.17) is 0 Å². The van der Waals surface area contributed by atoms with E-state index < -0.39 is 11.7 Å². The van der Waals surface area contributed by atoms with Gasteiger partial charge in [0.25, 0.3) is 0 Å². The van der Waals surface area contributed by atoms with Crippen LogP contribution in [0.1, 0.15) is 15.7 Å². The van der Waals surface area contributed by atoms with Gasteiger partial charge in [-0.15, -0.1) is 35.3 Å². The SMILES string of the molecule is O=C(CSc1cccc(C(F)(F)F)c1)Nc1cccc(C2SCCS2)c1. The molecule has 1 aliphatic rings. The number of benzene rings is 2. The third-order valence-corrected chi connectivity index (χ3v) is 7.69. The van der Waals surface area contributed by atoms with E-state index >= 15 is 0 Å². The summed E-state index contributed by atoms with van der Waals surface area (Å²) in [6.45, 7) is 0. The minimum atomic E-state index is -4.38. The van der Waals surface area contributed by atoms with Crippen LogP contribution in [-0.2, 0) is 11.0 Å². The van der Waals surface area contributed by atoms with Gasteiger partial charge in [0.15, 0.2) is 0 Å². The molecule has 1 aliphatic heterocycles. The third-order valence-electron chi connectivity index (χ3n) is 3.60. The van der Waals surface area contributed by atoms with Crippen LogP contribution >= 0.6 is 35.3 Å². The fraction of sp³-hybridized carbons (Fsp3) is 0.278. The molecule has 3 rings (SSSR count). The van der Waals surface area contributed by atoms with Crippen molar-refractivity contribution in [3.8, 4) is 0 Å². The molecule has 0 aromatic heterocycles. The number of amides is 1. The molecule has 1 N–H and O–H groups in total. The lowest BCUT2D eigenvalue weighted by Crippen LogP contribution is -2.14. The number of nitrogens with one attached hydrogen (secondary N) is 1. The van der Waals surface area contributed by atoms with Gasteiger partial charge in [-0.2, -0.15) is 13.2 Å². The van der Waals surface area contributed by atoms with Crippen LogP contribution in [0.25, 0.3) is 0 Å². The van der Waals surface area contributed by atoms with E-state index in [-0.39, 0.29) is 11.7 Å². The van der Waals surface area contributed by atoms with Gasteiger partial charge >= 0.3 is 6.18 Å². The summed E-state index contributed by atoms with van der Waals surface area (Å²) < 4.78 is 38.6. The second kappa shape index (κ2) is 8.63. The molecule has 8 heteroatoms. The van der Waals surface area contributed by atoms with Crippen molar-refractivity contribution in [1.29, 1.82) is 0 Å². The maximum absolute atomic E-state index is 12.7. The van der Waals surface area contributed by atoms with Crippen molar-refractivity contribution in [3.05, 3.63) is 59.7 Å². The molecule has 0 spiro atoms. The number of rotatable bonds is 5. The average molecular weight is 416 g/mol. The van der Waals surface area contributed by atoms with Gasteiger partial charge in [0.1, 0.15) is 0 Å². The Morgan fingerprint density at radius 3 is 2.58 bits per heavy atom. The van der Waals surface area contributed by atoms with Crippen molar-refractivity contribution in [3.63, 3.8) is 0 Å². The number of carbonyl (C=O) groups excluding carboxylic acids is 1. The van der Waals surface area contributed by atoms with E-state index in [1.165, 1.54) is 11.6 Å². The zero-order valence-electron chi connectivity index (χ0n) is 13.6. The fourth-order valence-electron chi connectivity index (χ4n) is 2.42. The summed E-state index contributed by atoms with van der Waals surface area (Å²) in [5.41, 5.74) is 1.17. The number of carbonyl (C=O) groups is 1. The van der Waals surface area contributed by atoms with Gasteiger partial charge in [-0.3, -0.25) is 4.79 Å². The smallest absolute Gasteiger partial charge is 0.325 e. The van der Waals surface area contributed by atoms with Gasteiger partial charge < -0.3 is 5.32 Å². The molecule has 1 amide bonds. The molecule has 2 nitrogen and oxygen atoms in total. The van der Waals surface area contributed by atoms with Crippen molar-refractivity contribution in [1.82, 2.24) is 0 Å². The predicted octanol–water partition coefficient (Wildman–Crippen LogP) is 5.91. The van der Waals surface area contributed by atoms with E-state index in [1.54, 1.807) is 6.07 Å². The maximum Gasteiger partial charge on any atom is 0.416 e. The molecule has 0 saturated carbocycles. The minimum Gasteiger partial charge on any atom is -0.325 e. The zero-order valence-corrected chi connectivity index (χ0v) is 16.0. The highest BCUT2D eigenvalue weighted by atomic mass is 32.2. The molecular formula is C18H16F3NOS3. The number of anilines is 1. The molecule has 0 unspecified atom stereocenters. The molecule has 0 aliphatic carbocycles. The number of alkyl halides is 3. The van der Waals surface area contributed by atoms with Gasteiger partial charge in [-0.05, 0) is 35.9 Å². The van der Waals surface area contributed by atoms with E-state index in [0.29, 0.717) is 15.2 Å². The zero-order chi connectivity index (χ0) is 18.6. The Kier molecular flexibility index (Phi) is 6.47. The normalized spacial score (nSPS) is 15.2. The van der Waals surface area contributed by atoms with Crippen LogP contribution in [0.3, 0.4) is 0 Å². The summed E-state index contributed by atoms with van der Waals surface area (Å²) in [5, 5.41) is 2.82. The molecule has 2 aromatic rings. The van der Waals surface area contributed by atoms with E-state index in [0.717, 1.165) is 35.4 Å². The molecule has 0 atom stereocenters. The summed E-state index contributed by atoms with van der Waals surface area (Å²) in [7, 11) is 0. The monoisotopic (exact) mass is 415 g/mol. The fourth-order valence-corrected chi connectivity index (χ4v) is 6.02. The molecule has 26 heavy (non-hydrogen) atoms. The average Bonchev–Trinajstić information content (AvgIpc) is 3.14. The summed E-state index contributed by atoms with van der Waals surface area (Å²) in [6.07, 6.45) is -4.38. The highest BCUT2D eigenvalue weighted by Crippen LogP contribution is 2.45. The van der Waals surface area contributed by atoms with Crippen LogP contribution in [0.4, 0.5) is 18.9 Å². The highest BCUT2D eigenvalue weighted by molar-refractivity contribution is 8.19. The molecule has 1 heterocycles. The molecular weight excluding hydrogens is 399 g/mol. The first-order valence-corrected chi connectivity index (χ1v) is 10.9. The van der Waals surface area contributed by atoms with Crippen molar-refractivity contribution in [2.45, 2.75) is 15.7 Å². The van der Waals surface area contributed by atoms with Crippen molar-refractivity contribution in [2.24, 2.45) is 0 Å². The van der Waals surface area contributed by atoms with E-state index in [9.17, 15) is 18.0 Å². The van der Waals surface area contributed by atoms with Crippen LogP contribution < -0.4 is 5.32 Å². The number of hydrogen-bond donors (Lipinski definition) is 1. The van der Waals surface area contributed by atoms with Crippen LogP contribution in [0.5, 0.6) is 0 Å². The largest absolute Gasteiger partial charge is 0.416 e. The van der Waals surface area contributed by atoms with Crippen molar-refractivity contribution in [2.75, 3.05) is 22.6 Å². The van der Waals surface area contributed by atoms with Crippen molar-refractivity contribution < 1.29 is 18.0 Å².